The number of carbonyl (C=O) groups excluding carboxylic acids is 1. The molecule has 1 N–H and O–H groups in total. The largest absolute Gasteiger partial charge is 0.495 e. The number of hydrogen-bond acceptors (Lipinski definition) is 6. The Morgan fingerprint density at radius 1 is 1.43 bits per heavy atom. The summed E-state index contributed by atoms with van der Waals surface area (Å²) in [6, 6.07) is 7.37. The number of methoxy groups -OCH3 is 1. The molecule has 28 heavy (non-hydrogen) atoms. The van der Waals surface area contributed by atoms with E-state index in [1.807, 2.05) is 19.1 Å². The molecule has 0 radical (unpaired) electrons. The SMILES string of the molecule is CCc1noc2ncc(C(=O)N[C@H]3CCN(c4cc(Cl)ccc4OC)C3)cc12. The Morgan fingerprint density at radius 3 is 3.07 bits per heavy atom. The molecule has 8 heteroatoms. The molecule has 0 saturated carbocycles. The number of nitrogens with zero attached hydrogens (tertiary/aromatic N) is 3. The molecule has 3 aromatic rings. The summed E-state index contributed by atoms with van der Waals surface area (Å²) in [5, 5.41) is 8.52. The van der Waals surface area contributed by atoms with Gasteiger partial charge in [-0.05, 0) is 37.1 Å². The van der Waals surface area contributed by atoms with Crippen LogP contribution in [-0.4, -0.2) is 42.3 Å². The van der Waals surface area contributed by atoms with Crippen LogP contribution >= 0.6 is 11.6 Å². The van der Waals surface area contributed by atoms with Crippen LogP contribution in [0.25, 0.3) is 11.1 Å². The number of fused-ring (bicyclic) bond motifs is 1. The van der Waals surface area contributed by atoms with E-state index in [0.717, 1.165) is 41.9 Å². The van der Waals surface area contributed by atoms with Crippen LogP contribution in [0.1, 0.15) is 29.4 Å². The number of benzene rings is 1. The Kier molecular flexibility index (Phi) is 5.09. The quantitative estimate of drug-likeness (QED) is 0.706. The highest BCUT2D eigenvalue weighted by Crippen LogP contribution is 2.33. The average Bonchev–Trinajstić information content (AvgIpc) is 3.34. The van der Waals surface area contributed by atoms with Gasteiger partial charge < -0.3 is 19.5 Å². The van der Waals surface area contributed by atoms with Crippen molar-refractivity contribution in [3.63, 3.8) is 0 Å². The summed E-state index contributed by atoms with van der Waals surface area (Å²) in [5.41, 5.74) is 2.70. The third kappa shape index (κ3) is 3.49. The predicted octanol–water partition coefficient (Wildman–Crippen LogP) is 3.46. The number of rotatable bonds is 5. The Morgan fingerprint density at radius 2 is 2.29 bits per heavy atom. The van der Waals surface area contributed by atoms with Crippen molar-refractivity contribution in [3.05, 3.63) is 46.7 Å². The molecule has 1 saturated heterocycles. The number of aromatic nitrogens is 2. The van der Waals surface area contributed by atoms with Crippen LogP contribution in [0.3, 0.4) is 0 Å². The summed E-state index contributed by atoms with van der Waals surface area (Å²) >= 11 is 6.14. The number of hydrogen-bond donors (Lipinski definition) is 1. The van der Waals surface area contributed by atoms with Crippen molar-refractivity contribution in [2.75, 3.05) is 25.1 Å². The van der Waals surface area contributed by atoms with Crippen LogP contribution in [0.4, 0.5) is 5.69 Å². The molecule has 146 valence electrons. The van der Waals surface area contributed by atoms with E-state index in [1.165, 1.54) is 6.20 Å². The number of halogens is 1. The topological polar surface area (TPSA) is 80.5 Å². The highest BCUT2D eigenvalue weighted by molar-refractivity contribution is 6.31. The first kappa shape index (κ1) is 18.6. The van der Waals surface area contributed by atoms with E-state index in [2.05, 4.69) is 20.4 Å². The lowest BCUT2D eigenvalue weighted by molar-refractivity contribution is 0.0940. The van der Waals surface area contributed by atoms with Gasteiger partial charge in [0.1, 0.15) is 5.75 Å². The molecule has 1 amide bonds. The van der Waals surface area contributed by atoms with Crippen molar-refractivity contribution in [2.45, 2.75) is 25.8 Å². The van der Waals surface area contributed by atoms with E-state index in [-0.39, 0.29) is 11.9 Å². The Hall–Kier alpha value is -2.80. The maximum Gasteiger partial charge on any atom is 0.257 e. The van der Waals surface area contributed by atoms with Gasteiger partial charge in [0.25, 0.3) is 11.6 Å². The first-order chi connectivity index (χ1) is 13.6. The number of nitrogens with one attached hydrogen (secondary N) is 1. The maximum absolute atomic E-state index is 12.7. The number of ether oxygens (including phenoxy) is 1. The number of amides is 1. The lowest BCUT2D eigenvalue weighted by Gasteiger charge is -2.21. The highest BCUT2D eigenvalue weighted by atomic mass is 35.5. The zero-order valence-corrected chi connectivity index (χ0v) is 16.5. The van der Waals surface area contributed by atoms with Crippen LogP contribution in [0.5, 0.6) is 5.75 Å². The molecule has 0 unspecified atom stereocenters. The summed E-state index contributed by atoms with van der Waals surface area (Å²) in [4.78, 5) is 19.1. The van der Waals surface area contributed by atoms with Crippen molar-refractivity contribution < 1.29 is 14.1 Å². The molecular weight excluding hydrogens is 380 g/mol. The number of pyridine rings is 1. The second kappa shape index (κ2) is 7.67. The van der Waals surface area contributed by atoms with Gasteiger partial charge in [-0.25, -0.2) is 4.98 Å². The standard InChI is InChI=1S/C20H21ClN4O3/c1-3-16-15-8-12(10-22-20(15)28-24-16)19(26)23-14-6-7-25(11-14)17-9-13(21)4-5-18(17)27-2/h4-5,8-10,14H,3,6-7,11H2,1-2H3,(H,23,26)/t14-/m0/s1. The summed E-state index contributed by atoms with van der Waals surface area (Å²) in [6.07, 6.45) is 3.08. The maximum atomic E-state index is 12.7. The first-order valence-electron chi connectivity index (χ1n) is 9.22. The zero-order chi connectivity index (χ0) is 19.7. The van der Waals surface area contributed by atoms with E-state index in [4.69, 9.17) is 20.9 Å². The molecule has 7 nitrogen and oxygen atoms in total. The van der Waals surface area contributed by atoms with Crippen LogP contribution in [0.15, 0.2) is 35.0 Å². The molecule has 3 heterocycles. The van der Waals surface area contributed by atoms with Crippen LogP contribution in [-0.2, 0) is 6.42 Å². The van der Waals surface area contributed by atoms with Gasteiger partial charge in [-0.1, -0.05) is 23.7 Å². The van der Waals surface area contributed by atoms with Gasteiger partial charge >= 0.3 is 0 Å². The minimum Gasteiger partial charge on any atom is -0.495 e. The molecule has 1 aliphatic heterocycles. The number of carbonyl (C=O) groups is 1. The van der Waals surface area contributed by atoms with E-state index >= 15 is 0 Å². The van der Waals surface area contributed by atoms with Gasteiger partial charge in [0.2, 0.25) is 0 Å². The Balaban J connectivity index is 1.47. The van der Waals surface area contributed by atoms with Gasteiger partial charge in [0.05, 0.1) is 29.4 Å². The third-order valence-electron chi connectivity index (χ3n) is 5.01. The van der Waals surface area contributed by atoms with Crippen molar-refractivity contribution in [2.24, 2.45) is 0 Å². The van der Waals surface area contributed by atoms with Gasteiger partial charge in [-0.15, -0.1) is 0 Å². The van der Waals surface area contributed by atoms with Gasteiger partial charge in [-0.2, -0.15) is 0 Å². The summed E-state index contributed by atoms with van der Waals surface area (Å²) in [7, 11) is 1.64. The molecule has 0 bridgehead atoms. The molecule has 1 atom stereocenters. The van der Waals surface area contributed by atoms with Gasteiger partial charge in [0.15, 0.2) is 0 Å². The van der Waals surface area contributed by atoms with Crippen molar-refractivity contribution in [1.82, 2.24) is 15.5 Å². The predicted molar refractivity (Wildman–Crippen MR) is 107 cm³/mol. The van der Waals surface area contributed by atoms with E-state index in [0.29, 0.717) is 22.8 Å². The summed E-state index contributed by atoms with van der Waals surface area (Å²) in [6.45, 7) is 3.48. The third-order valence-corrected chi connectivity index (χ3v) is 5.24. The van der Waals surface area contributed by atoms with Crippen LogP contribution in [0, 0.1) is 0 Å². The van der Waals surface area contributed by atoms with Gasteiger partial charge in [0, 0.05) is 30.4 Å². The summed E-state index contributed by atoms with van der Waals surface area (Å²) < 4.78 is 10.6. The molecule has 0 spiro atoms. The van der Waals surface area contributed by atoms with Crippen molar-refractivity contribution in [3.8, 4) is 5.75 Å². The van der Waals surface area contributed by atoms with Crippen molar-refractivity contribution in [1.29, 1.82) is 0 Å². The minimum absolute atomic E-state index is 0.0278. The summed E-state index contributed by atoms with van der Waals surface area (Å²) in [5.74, 6) is 0.619. The smallest absolute Gasteiger partial charge is 0.257 e. The van der Waals surface area contributed by atoms with Crippen LogP contribution in [0.2, 0.25) is 5.02 Å². The molecule has 1 aromatic carbocycles. The fourth-order valence-electron chi connectivity index (χ4n) is 3.53. The monoisotopic (exact) mass is 400 g/mol. The highest BCUT2D eigenvalue weighted by Gasteiger charge is 2.26. The Bertz CT molecular complexity index is 1020. The van der Waals surface area contributed by atoms with Gasteiger partial charge in [-0.3, -0.25) is 4.79 Å². The number of anilines is 1. The second-order valence-corrected chi connectivity index (χ2v) is 7.22. The molecule has 0 aliphatic carbocycles. The molecular formula is C20H21ClN4O3. The fourth-order valence-corrected chi connectivity index (χ4v) is 3.70. The van der Waals surface area contributed by atoms with Crippen molar-refractivity contribution >= 4 is 34.3 Å². The van der Waals surface area contributed by atoms with E-state index < -0.39 is 0 Å². The first-order valence-corrected chi connectivity index (χ1v) is 9.60. The van der Waals surface area contributed by atoms with Crippen LogP contribution < -0.4 is 15.0 Å². The number of aryl methyl sites for hydroxylation is 1. The second-order valence-electron chi connectivity index (χ2n) is 6.78. The molecule has 1 aliphatic rings. The molecule has 2 aromatic heterocycles. The Labute approximate surface area is 167 Å². The fraction of sp³-hybridized carbons (Fsp3) is 0.350. The molecule has 1 fully saturated rings. The zero-order valence-electron chi connectivity index (χ0n) is 15.7. The van der Waals surface area contributed by atoms with E-state index in [1.54, 1.807) is 19.2 Å². The normalized spacial score (nSPS) is 16.5. The lowest BCUT2D eigenvalue weighted by atomic mass is 10.1. The average molecular weight is 401 g/mol. The minimum atomic E-state index is -0.150. The molecule has 4 rings (SSSR count). The van der Waals surface area contributed by atoms with E-state index in [9.17, 15) is 4.79 Å². The lowest BCUT2D eigenvalue weighted by Crippen LogP contribution is -2.37.